The number of hydrogen-bond acceptors (Lipinski definition) is 8. The summed E-state index contributed by atoms with van der Waals surface area (Å²) >= 11 is 11.4. The van der Waals surface area contributed by atoms with Crippen molar-refractivity contribution < 1.29 is 38.6 Å². The minimum atomic E-state index is -2.44. The maximum Gasteiger partial charge on any atom is 0.354 e. The molecule has 0 bridgehead atoms. The predicted molar refractivity (Wildman–Crippen MR) is 121 cm³/mol. The summed E-state index contributed by atoms with van der Waals surface area (Å²) in [4.78, 5) is 36.4. The largest absolute Gasteiger partial charge is 0.611 e. The number of rotatable bonds is 4. The maximum atomic E-state index is 13.4. The lowest BCUT2D eigenvalue weighted by Gasteiger charge is -2.17. The normalized spacial score (nSPS) is 12.3. The molecule has 0 amide bonds. The highest BCUT2D eigenvalue weighted by Crippen LogP contribution is 2.44. The number of ether oxygens (including phenoxy) is 1. The van der Waals surface area contributed by atoms with Crippen molar-refractivity contribution in [2.45, 2.75) is 11.8 Å². The van der Waals surface area contributed by atoms with Crippen LogP contribution in [0.3, 0.4) is 0 Å². The van der Waals surface area contributed by atoms with Gasteiger partial charge >= 0.3 is 11.9 Å². The van der Waals surface area contributed by atoms with E-state index in [0.717, 1.165) is 7.11 Å². The van der Waals surface area contributed by atoms with Gasteiger partial charge in [0.25, 0.3) is 0 Å². The second-order valence-corrected chi connectivity index (χ2v) is 9.41. The molecular weight excluding hydrogens is 590 g/mol. The summed E-state index contributed by atoms with van der Waals surface area (Å²) < 4.78 is 22.9. The summed E-state index contributed by atoms with van der Waals surface area (Å²) in [5, 5.41) is 28.8. The van der Waals surface area contributed by atoms with Crippen LogP contribution >= 0.6 is 45.8 Å². The van der Waals surface area contributed by atoms with Crippen LogP contribution in [0.4, 0.5) is 0 Å². The molecule has 0 aliphatic rings. The molecule has 1 heterocycles. The molecule has 0 saturated heterocycles. The van der Waals surface area contributed by atoms with E-state index in [4.69, 9.17) is 32.7 Å². The second kappa shape index (κ2) is 8.54. The Hall–Kier alpha value is -1.93. The molecule has 164 valence electrons. The number of esters is 1. The highest BCUT2D eigenvalue weighted by atomic mass is 127. The molecule has 1 atom stereocenters. The van der Waals surface area contributed by atoms with E-state index in [1.807, 2.05) is 0 Å². The molecular formula is C18H11Cl2IO9S. The lowest BCUT2D eigenvalue weighted by molar-refractivity contribution is -0.134. The van der Waals surface area contributed by atoms with Crippen LogP contribution in [-0.2, 0) is 20.7 Å². The monoisotopic (exact) mass is 600 g/mol. The molecule has 9 nitrogen and oxygen atoms in total. The number of methoxy groups -OCH3 is 1. The Morgan fingerprint density at radius 1 is 1.16 bits per heavy atom. The van der Waals surface area contributed by atoms with Gasteiger partial charge in [0.2, 0.25) is 16.1 Å². The van der Waals surface area contributed by atoms with Gasteiger partial charge in [0, 0.05) is 11.2 Å². The third-order valence-electron chi connectivity index (χ3n) is 4.39. The van der Waals surface area contributed by atoms with Crippen LogP contribution in [0.2, 0.25) is 10.0 Å². The van der Waals surface area contributed by atoms with Crippen molar-refractivity contribution >= 4 is 90.8 Å². The summed E-state index contributed by atoms with van der Waals surface area (Å²) in [6, 6.07) is 0. The van der Waals surface area contributed by atoms with Crippen LogP contribution in [0, 0.1) is 10.5 Å². The first-order valence-corrected chi connectivity index (χ1v) is 11.3. The number of aliphatic carboxylic acids is 1. The van der Waals surface area contributed by atoms with Gasteiger partial charge in [0.15, 0.2) is 16.9 Å². The van der Waals surface area contributed by atoms with E-state index in [9.17, 15) is 29.1 Å². The number of benzene rings is 2. The van der Waals surface area contributed by atoms with E-state index < -0.39 is 67.0 Å². The molecule has 3 rings (SSSR count). The summed E-state index contributed by atoms with van der Waals surface area (Å²) in [6.07, 6.45) is 0. The highest BCUT2D eigenvalue weighted by molar-refractivity contribution is 14.1. The van der Waals surface area contributed by atoms with Crippen molar-refractivity contribution in [3.63, 3.8) is 0 Å². The zero-order valence-electron chi connectivity index (χ0n) is 15.5. The molecule has 3 N–H and O–H groups in total. The number of halogens is 3. The Balaban J connectivity index is 2.68. The Morgan fingerprint density at radius 2 is 1.77 bits per heavy atom. The fraction of sp³-hybridized carbons (Fsp3) is 0.167. The number of carbonyl (C=O) groups excluding carboxylic acids is 1. The number of phenolic OH excluding ortho intramolecular Hbond substituents is 2. The summed E-state index contributed by atoms with van der Waals surface area (Å²) in [6.45, 7) is 1.48. The lowest BCUT2D eigenvalue weighted by atomic mass is 10.0. The third-order valence-corrected chi connectivity index (χ3v) is 7.67. The topological polar surface area (TPSA) is 157 Å². The molecule has 0 fully saturated rings. The smallest absolute Gasteiger partial charge is 0.354 e. The van der Waals surface area contributed by atoms with Gasteiger partial charge in [-0.3, -0.25) is 4.79 Å². The number of carbonyl (C=O) groups is 2. The van der Waals surface area contributed by atoms with Gasteiger partial charge in [-0.05, 0) is 35.1 Å². The average molecular weight is 601 g/mol. The highest BCUT2D eigenvalue weighted by Gasteiger charge is 2.36. The maximum absolute atomic E-state index is 13.4. The molecule has 0 radical (unpaired) electrons. The van der Waals surface area contributed by atoms with Gasteiger partial charge < -0.3 is 29.0 Å². The van der Waals surface area contributed by atoms with Crippen LogP contribution in [0.25, 0.3) is 21.9 Å². The van der Waals surface area contributed by atoms with Crippen molar-refractivity contribution in [3.8, 4) is 11.5 Å². The van der Waals surface area contributed by atoms with Crippen LogP contribution < -0.4 is 5.43 Å². The Labute approximate surface area is 199 Å². The fourth-order valence-electron chi connectivity index (χ4n) is 2.98. The molecule has 0 spiro atoms. The Bertz CT molecular complexity index is 1350. The first-order chi connectivity index (χ1) is 14.4. The zero-order valence-corrected chi connectivity index (χ0v) is 20.0. The van der Waals surface area contributed by atoms with Gasteiger partial charge in [-0.15, -0.1) is 0 Å². The van der Waals surface area contributed by atoms with E-state index in [1.165, 1.54) is 6.92 Å². The van der Waals surface area contributed by atoms with Gasteiger partial charge in [0.1, 0.15) is 20.3 Å². The van der Waals surface area contributed by atoms with Gasteiger partial charge in [0.05, 0.1) is 22.5 Å². The number of fused-ring (bicyclic) bond motifs is 2. The Morgan fingerprint density at radius 3 is 2.32 bits per heavy atom. The SMILES string of the molecule is COC(=O)c1c([S+]([O-])CC(=O)O)c(O)c(I)c2oc3c(Cl)c(C)c(Cl)c(O)c3c(=O)c12. The van der Waals surface area contributed by atoms with Crippen molar-refractivity contribution in [1.82, 2.24) is 0 Å². The quantitative estimate of drug-likeness (QED) is 0.176. The molecule has 0 saturated carbocycles. The molecule has 3 aromatic rings. The van der Waals surface area contributed by atoms with Crippen molar-refractivity contribution in [2.75, 3.05) is 12.9 Å². The first kappa shape index (κ1) is 23.7. The van der Waals surface area contributed by atoms with Crippen molar-refractivity contribution in [3.05, 3.63) is 35.0 Å². The zero-order chi connectivity index (χ0) is 23.4. The van der Waals surface area contributed by atoms with Crippen LogP contribution in [0.1, 0.15) is 15.9 Å². The van der Waals surface area contributed by atoms with Gasteiger partial charge in [-0.25, -0.2) is 9.59 Å². The standard InChI is InChI=1S/C18H11Cl2IO9S/c1-4-9(19)13(25)8-12(24)6-7(18(27)29-2)17(31(28)3-5(22)23)14(26)11(21)16(6)30-15(8)10(4)20/h25-26H,3H2,1-2H3,(H,22,23). The van der Waals surface area contributed by atoms with Gasteiger partial charge in [-0.2, -0.15) is 0 Å². The number of carboxylic acid groups (broad SMARTS) is 1. The minimum Gasteiger partial charge on any atom is -0.611 e. The van der Waals surface area contributed by atoms with E-state index in [-0.39, 0.29) is 30.3 Å². The summed E-state index contributed by atoms with van der Waals surface area (Å²) in [5.41, 5.74) is -1.94. The van der Waals surface area contributed by atoms with Crippen molar-refractivity contribution in [1.29, 1.82) is 0 Å². The van der Waals surface area contributed by atoms with Crippen LogP contribution in [-0.4, -0.2) is 44.7 Å². The first-order valence-electron chi connectivity index (χ1n) is 8.13. The van der Waals surface area contributed by atoms with Crippen LogP contribution in [0.5, 0.6) is 11.5 Å². The Kier molecular flexibility index (Phi) is 6.54. The molecule has 31 heavy (non-hydrogen) atoms. The third kappa shape index (κ3) is 3.67. The number of hydrogen-bond donors (Lipinski definition) is 3. The molecule has 1 unspecified atom stereocenters. The minimum absolute atomic E-state index is 0.0785. The van der Waals surface area contributed by atoms with E-state index in [0.29, 0.717) is 0 Å². The number of phenols is 2. The molecule has 2 aromatic carbocycles. The number of carboxylic acids is 1. The second-order valence-electron chi connectivity index (χ2n) is 6.18. The van der Waals surface area contributed by atoms with E-state index in [2.05, 4.69) is 4.74 Å². The van der Waals surface area contributed by atoms with Crippen molar-refractivity contribution in [2.24, 2.45) is 0 Å². The number of aromatic hydroxyl groups is 2. The molecule has 0 aliphatic carbocycles. The average Bonchev–Trinajstić information content (AvgIpc) is 2.71. The molecule has 13 heteroatoms. The lowest BCUT2D eigenvalue weighted by Crippen LogP contribution is -2.21. The van der Waals surface area contributed by atoms with Crippen LogP contribution in [0.15, 0.2) is 14.1 Å². The molecule has 1 aromatic heterocycles. The summed E-state index contributed by atoms with van der Waals surface area (Å²) in [5.74, 6) is -4.98. The predicted octanol–water partition coefficient (Wildman–Crippen LogP) is 3.56. The van der Waals surface area contributed by atoms with Gasteiger partial charge in [-0.1, -0.05) is 23.2 Å². The molecule has 0 aliphatic heterocycles. The fourth-order valence-corrected chi connectivity index (χ4v) is 5.38. The van der Waals surface area contributed by atoms with E-state index in [1.54, 1.807) is 22.6 Å². The van der Waals surface area contributed by atoms with E-state index >= 15 is 0 Å². The summed E-state index contributed by atoms with van der Waals surface area (Å²) in [7, 11) is 0.977.